The van der Waals surface area contributed by atoms with E-state index in [-0.39, 0.29) is 12.3 Å². The molecule has 1 saturated heterocycles. The summed E-state index contributed by atoms with van der Waals surface area (Å²) in [6.07, 6.45) is -0.0613. The molecule has 3 amide bonds. The van der Waals surface area contributed by atoms with E-state index in [0.717, 1.165) is 4.90 Å². The molecule has 0 aromatic heterocycles. The van der Waals surface area contributed by atoms with Crippen LogP contribution in [0, 0.1) is 0 Å². The Morgan fingerprint density at radius 3 is 2.58 bits per heavy atom. The SMILES string of the molecule is COc1ccc(C(=O)NNC2CC(=O)N(c3cccc(Cl)c3)C2=O)cc1. The number of carbonyl (C=O) groups excluding carboxylic acids is 3. The molecule has 2 aromatic rings. The zero-order valence-electron chi connectivity index (χ0n) is 13.9. The van der Waals surface area contributed by atoms with Gasteiger partial charge in [0.25, 0.3) is 11.8 Å². The van der Waals surface area contributed by atoms with Gasteiger partial charge in [-0.3, -0.25) is 19.8 Å². The summed E-state index contributed by atoms with van der Waals surface area (Å²) in [6, 6.07) is 12.1. The molecule has 1 aliphatic heterocycles. The number of benzene rings is 2. The first-order chi connectivity index (χ1) is 12.5. The Bertz CT molecular complexity index is 854. The molecular formula is C18H16ClN3O4. The summed E-state index contributed by atoms with van der Waals surface area (Å²) < 4.78 is 5.03. The second kappa shape index (κ2) is 7.55. The van der Waals surface area contributed by atoms with Crippen LogP contribution in [-0.2, 0) is 9.59 Å². The second-order valence-corrected chi connectivity index (χ2v) is 6.07. The van der Waals surface area contributed by atoms with E-state index in [1.54, 1.807) is 42.5 Å². The lowest BCUT2D eigenvalue weighted by Gasteiger charge is -2.16. The molecule has 1 atom stereocenters. The molecule has 0 bridgehead atoms. The summed E-state index contributed by atoms with van der Waals surface area (Å²) in [7, 11) is 1.53. The Morgan fingerprint density at radius 2 is 1.92 bits per heavy atom. The van der Waals surface area contributed by atoms with Crippen LogP contribution in [0.25, 0.3) is 0 Å². The molecule has 1 aliphatic rings. The number of carbonyl (C=O) groups is 3. The van der Waals surface area contributed by atoms with Crippen molar-refractivity contribution in [3.05, 3.63) is 59.1 Å². The van der Waals surface area contributed by atoms with Crippen LogP contribution < -0.4 is 20.5 Å². The molecule has 0 aliphatic carbocycles. The fourth-order valence-electron chi connectivity index (χ4n) is 2.60. The van der Waals surface area contributed by atoms with E-state index in [1.807, 2.05) is 0 Å². The molecule has 8 heteroatoms. The summed E-state index contributed by atoms with van der Waals surface area (Å²) in [4.78, 5) is 37.9. The highest BCUT2D eigenvalue weighted by atomic mass is 35.5. The predicted octanol–water partition coefficient (Wildman–Crippen LogP) is 1.92. The number of hydrogen-bond donors (Lipinski definition) is 2. The number of hydrogen-bond acceptors (Lipinski definition) is 5. The lowest BCUT2D eigenvalue weighted by atomic mass is 10.2. The summed E-state index contributed by atoms with van der Waals surface area (Å²) in [5, 5.41) is 0.423. The molecule has 0 saturated carbocycles. The number of imide groups is 1. The van der Waals surface area contributed by atoms with E-state index in [0.29, 0.717) is 22.0 Å². The van der Waals surface area contributed by atoms with Crippen molar-refractivity contribution in [3.63, 3.8) is 0 Å². The van der Waals surface area contributed by atoms with Gasteiger partial charge in [-0.2, -0.15) is 0 Å². The lowest BCUT2D eigenvalue weighted by Crippen LogP contribution is -2.48. The van der Waals surface area contributed by atoms with E-state index in [2.05, 4.69) is 10.9 Å². The summed E-state index contributed by atoms with van der Waals surface area (Å²) in [5.74, 6) is -0.613. The maximum absolute atomic E-state index is 12.5. The second-order valence-electron chi connectivity index (χ2n) is 5.63. The Hall–Kier alpha value is -2.90. The Morgan fingerprint density at radius 1 is 1.19 bits per heavy atom. The number of ether oxygens (including phenoxy) is 1. The maximum atomic E-state index is 12.5. The molecule has 0 radical (unpaired) electrons. The smallest absolute Gasteiger partial charge is 0.265 e. The van der Waals surface area contributed by atoms with Gasteiger partial charge in [0.1, 0.15) is 11.8 Å². The molecule has 0 spiro atoms. The number of halogens is 1. The minimum atomic E-state index is -0.844. The zero-order valence-corrected chi connectivity index (χ0v) is 14.6. The number of methoxy groups -OCH3 is 1. The number of nitrogens with zero attached hydrogens (tertiary/aromatic N) is 1. The molecule has 2 N–H and O–H groups in total. The fraction of sp³-hybridized carbons (Fsp3) is 0.167. The van der Waals surface area contributed by atoms with E-state index < -0.39 is 17.9 Å². The minimum Gasteiger partial charge on any atom is -0.497 e. The Kier molecular flexibility index (Phi) is 5.20. The summed E-state index contributed by atoms with van der Waals surface area (Å²) in [6.45, 7) is 0. The quantitative estimate of drug-likeness (QED) is 0.617. The average Bonchev–Trinajstić information content (AvgIpc) is 2.93. The number of rotatable bonds is 5. The van der Waals surface area contributed by atoms with Gasteiger partial charge in [-0.25, -0.2) is 10.3 Å². The standard InChI is InChI=1S/C18H16ClN3O4/c1-26-14-7-5-11(6-8-14)17(24)21-20-15-10-16(23)22(18(15)25)13-4-2-3-12(19)9-13/h2-9,15,20H,10H2,1H3,(H,21,24). The van der Waals surface area contributed by atoms with Gasteiger partial charge in [0.05, 0.1) is 19.2 Å². The number of amides is 3. The number of anilines is 1. The van der Waals surface area contributed by atoms with Crippen molar-refractivity contribution in [1.82, 2.24) is 10.9 Å². The maximum Gasteiger partial charge on any atom is 0.265 e. The van der Waals surface area contributed by atoms with Crippen LogP contribution in [0.15, 0.2) is 48.5 Å². The number of nitrogens with one attached hydrogen (secondary N) is 2. The van der Waals surface area contributed by atoms with Crippen molar-refractivity contribution < 1.29 is 19.1 Å². The van der Waals surface area contributed by atoms with Crippen molar-refractivity contribution in [3.8, 4) is 5.75 Å². The lowest BCUT2D eigenvalue weighted by molar-refractivity contribution is -0.121. The van der Waals surface area contributed by atoms with Crippen molar-refractivity contribution in [2.75, 3.05) is 12.0 Å². The largest absolute Gasteiger partial charge is 0.497 e. The van der Waals surface area contributed by atoms with Gasteiger partial charge in [0, 0.05) is 10.6 Å². The number of hydrazine groups is 1. The highest BCUT2D eigenvalue weighted by Gasteiger charge is 2.39. The molecular weight excluding hydrogens is 358 g/mol. The first-order valence-electron chi connectivity index (χ1n) is 7.82. The first kappa shape index (κ1) is 17.9. The van der Waals surface area contributed by atoms with Gasteiger partial charge >= 0.3 is 0 Å². The van der Waals surface area contributed by atoms with E-state index >= 15 is 0 Å². The third-order valence-corrected chi connectivity index (χ3v) is 4.16. The van der Waals surface area contributed by atoms with Crippen molar-refractivity contribution in [1.29, 1.82) is 0 Å². The highest BCUT2D eigenvalue weighted by molar-refractivity contribution is 6.31. The van der Waals surface area contributed by atoms with Gasteiger partial charge < -0.3 is 4.74 Å². The van der Waals surface area contributed by atoms with Crippen LogP contribution in [0.2, 0.25) is 5.02 Å². The Balaban J connectivity index is 1.64. The topological polar surface area (TPSA) is 87.7 Å². The van der Waals surface area contributed by atoms with Crippen LogP contribution in [0.4, 0.5) is 5.69 Å². The summed E-state index contributed by atoms with van der Waals surface area (Å²) in [5.41, 5.74) is 5.88. The third kappa shape index (κ3) is 3.68. The molecule has 2 aromatic carbocycles. The normalized spacial score (nSPS) is 16.7. The summed E-state index contributed by atoms with van der Waals surface area (Å²) >= 11 is 5.92. The third-order valence-electron chi connectivity index (χ3n) is 3.93. The van der Waals surface area contributed by atoms with Crippen molar-refractivity contribution in [2.24, 2.45) is 0 Å². The molecule has 26 heavy (non-hydrogen) atoms. The monoisotopic (exact) mass is 373 g/mol. The van der Waals surface area contributed by atoms with Crippen molar-refractivity contribution >= 4 is 35.0 Å². The van der Waals surface area contributed by atoms with Gasteiger partial charge in [-0.1, -0.05) is 17.7 Å². The molecule has 1 fully saturated rings. The van der Waals surface area contributed by atoms with Crippen LogP contribution in [-0.4, -0.2) is 30.9 Å². The highest BCUT2D eigenvalue weighted by Crippen LogP contribution is 2.25. The Labute approximate surface area is 154 Å². The molecule has 1 heterocycles. The first-order valence-corrected chi connectivity index (χ1v) is 8.19. The van der Waals surface area contributed by atoms with Gasteiger partial charge in [0.15, 0.2) is 0 Å². The molecule has 1 unspecified atom stereocenters. The zero-order chi connectivity index (χ0) is 18.7. The van der Waals surface area contributed by atoms with Gasteiger partial charge in [0.2, 0.25) is 5.91 Å². The van der Waals surface area contributed by atoms with E-state index in [9.17, 15) is 14.4 Å². The molecule has 3 rings (SSSR count). The van der Waals surface area contributed by atoms with Crippen LogP contribution in [0.3, 0.4) is 0 Å². The van der Waals surface area contributed by atoms with Gasteiger partial charge in [-0.05, 0) is 42.5 Å². The van der Waals surface area contributed by atoms with E-state index in [1.165, 1.54) is 13.2 Å². The van der Waals surface area contributed by atoms with Gasteiger partial charge in [-0.15, -0.1) is 0 Å². The molecule has 134 valence electrons. The fourth-order valence-corrected chi connectivity index (χ4v) is 2.78. The van der Waals surface area contributed by atoms with Crippen molar-refractivity contribution in [2.45, 2.75) is 12.5 Å². The average molecular weight is 374 g/mol. The molecule has 7 nitrogen and oxygen atoms in total. The van der Waals surface area contributed by atoms with Crippen LogP contribution >= 0.6 is 11.6 Å². The van der Waals surface area contributed by atoms with E-state index in [4.69, 9.17) is 16.3 Å². The predicted molar refractivity (Wildman–Crippen MR) is 95.9 cm³/mol. The minimum absolute atomic E-state index is 0.0613. The van der Waals surface area contributed by atoms with Crippen LogP contribution in [0.5, 0.6) is 5.75 Å². The van der Waals surface area contributed by atoms with Crippen LogP contribution in [0.1, 0.15) is 16.8 Å².